The zero-order valence-electron chi connectivity index (χ0n) is 18.6. The monoisotopic (exact) mass is 425 g/mol. The number of ether oxygens (including phenoxy) is 1. The SMILES string of the molecule is CCC[C@@H](O)CN(CCC)Cc1c(-c2ccccc2)nn(C)c1Oc1ccc(F)cc1. The van der Waals surface area contributed by atoms with Crippen molar-refractivity contribution in [3.8, 4) is 22.9 Å². The van der Waals surface area contributed by atoms with Crippen molar-refractivity contribution in [3.63, 3.8) is 0 Å². The topological polar surface area (TPSA) is 50.5 Å². The minimum absolute atomic E-state index is 0.304. The van der Waals surface area contributed by atoms with Crippen molar-refractivity contribution in [2.45, 2.75) is 45.8 Å². The Labute approximate surface area is 184 Å². The van der Waals surface area contributed by atoms with Crippen LogP contribution < -0.4 is 4.74 Å². The fourth-order valence-corrected chi connectivity index (χ4v) is 3.76. The van der Waals surface area contributed by atoms with Gasteiger partial charge >= 0.3 is 0 Å². The lowest BCUT2D eigenvalue weighted by Crippen LogP contribution is -2.32. The largest absolute Gasteiger partial charge is 0.439 e. The lowest BCUT2D eigenvalue weighted by Gasteiger charge is -2.25. The van der Waals surface area contributed by atoms with E-state index in [2.05, 4.69) is 18.7 Å². The molecule has 1 aromatic heterocycles. The highest BCUT2D eigenvalue weighted by molar-refractivity contribution is 5.65. The van der Waals surface area contributed by atoms with Gasteiger partial charge in [-0.05, 0) is 43.7 Å². The number of aliphatic hydroxyl groups is 1. The van der Waals surface area contributed by atoms with E-state index in [-0.39, 0.29) is 11.9 Å². The molecule has 31 heavy (non-hydrogen) atoms. The van der Waals surface area contributed by atoms with Gasteiger partial charge in [0, 0.05) is 25.7 Å². The minimum Gasteiger partial charge on any atom is -0.439 e. The van der Waals surface area contributed by atoms with Gasteiger partial charge in [0.25, 0.3) is 0 Å². The van der Waals surface area contributed by atoms with Crippen LogP contribution in [0.4, 0.5) is 4.39 Å². The molecule has 0 bridgehead atoms. The number of hydrogen-bond acceptors (Lipinski definition) is 4. The Morgan fingerprint density at radius 1 is 1.06 bits per heavy atom. The number of benzene rings is 2. The molecular formula is C25H32FN3O2. The van der Waals surface area contributed by atoms with Gasteiger partial charge in [-0.1, -0.05) is 50.6 Å². The van der Waals surface area contributed by atoms with Crippen molar-refractivity contribution in [2.24, 2.45) is 7.05 Å². The lowest BCUT2D eigenvalue weighted by atomic mass is 10.1. The molecule has 1 atom stereocenters. The van der Waals surface area contributed by atoms with Crippen LogP contribution >= 0.6 is 0 Å². The molecule has 0 unspecified atom stereocenters. The Kier molecular flexibility index (Phi) is 8.20. The summed E-state index contributed by atoms with van der Waals surface area (Å²) in [4.78, 5) is 2.25. The van der Waals surface area contributed by atoms with Crippen LogP contribution in [0.2, 0.25) is 0 Å². The molecule has 3 rings (SSSR count). The second-order valence-electron chi connectivity index (χ2n) is 7.86. The maximum Gasteiger partial charge on any atom is 0.222 e. The average molecular weight is 426 g/mol. The van der Waals surface area contributed by atoms with E-state index >= 15 is 0 Å². The number of nitrogens with zero attached hydrogens (tertiary/aromatic N) is 3. The maximum atomic E-state index is 13.3. The maximum absolute atomic E-state index is 13.3. The summed E-state index contributed by atoms with van der Waals surface area (Å²) in [5, 5.41) is 15.2. The summed E-state index contributed by atoms with van der Waals surface area (Å²) in [6.45, 7) is 6.27. The fraction of sp³-hybridized carbons (Fsp3) is 0.400. The van der Waals surface area contributed by atoms with Crippen LogP contribution in [0.3, 0.4) is 0 Å². The van der Waals surface area contributed by atoms with Crippen LogP contribution in [0.5, 0.6) is 11.6 Å². The number of aromatic nitrogens is 2. The van der Waals surface area contributed by atoms with Gasteiger partial charge in [0.2, 0.25) is 5.88 Å². The lowest BCUT2D eigenvalue weighted by molar-refractivity contribution is 0.100. The first-order valence-electron chi connectivity index (χ1n) is 11.0. The van der Waals surface area contributed by atoms with Crippen molar-refractivity contribution in [3.05, 3.63) is 66.0 Å². The molecule has 2 aromatic carbocycles. The van der Waals surface area contributed by atoms with E-state index in [1.165, 1.54) is 12.1 Å². The van der Waals surface area contributed by atoms with E-state index in [4.69, 9.17) is 9.84 Å². The molecule has 0 saturated carbocycles. The molecule has 5 nitrogen and oxygen atoms in total. The van der Waals surface area contributed by atoms with E-state index in [0.29, 0.717) is 24.7 Å². The van der Waals surface area contributed by atoms with E-state index < -0.39 is 0 Å². The molecule has 1 N–H and O–H groups in total. The minimum atomic E-state index is -0.366. The molecule has 1 heterocycles. The predicted octanol–water partition coefficient (Wildman–Crippen LogP) is 5.39. The molecule has 0 aliphatic carbocycles. The van der Waals surface area contributed by atoms with Crippen molar-refractivity contribution in [1.82, 2.24) is 14.7 Å². The molecule has 0 aliphatic heterocycles. The predicted molar refractivity (Wildman–Crippen MR) is 122 cm³/mol. The van der Waals surface area contributed by atoms with Gasteiger partial charge in [-0.3, -0.25) is 4.90 Å². The first-order valence-corrected chi connectivity index (χ1v) is 11.0. The van der Waals surface area contributed by atoms with Gasteiger partial charge in [-0.15, -0.1) is 0 Å². The first kappa shape index (κ1) is 23.0. The van der Waals surface area contributed by atoms with Gasteiger partial charge in [-0.2, -0.15) is 5.10 Å². The Hall–Kier alpha value is -2.70. The second-order valence-corrected chi connectivity index (χ2v) is 7.86. The third-order valence-electron chi connectivity index (χ3n) is 5.18. The summed E-state index contributed by atoms with van der Waals surface area (Å²) < 4.78 is 21.3. The quantitative estimate of drug-likeness (QED) is 0.447. The number of aliphatic hydroxyl groups excluding tert-OH is 1. The molecule has 3 aromatic rings. The molecule has 0 fully saturated rings. The van der Waals surface area contributed by atoms with Crippen molar-refractivity contribution in [2.75, 3.05) is 13.1 Å². The summed E-state index contributed by atoms with van der Waals surface area (Å²) in [7, 11) is 1.85. The van der Waals surface area contributed by atoms with E-state index in [1.54, 1.807) is 16.8 Å². The first-order chi connectivity index (χ1) is 15.0. The Morgan fingerprint density at radius 2 is 1.77 bits per heavy atom. The third kappa shape index (κ3) is 6.15. The number of hydrogen-bond donors (Lipinski definition) is 1. The number of aryl methyl sites for hydroxylation is 1. The van der Waals surface area contributed by atoms with Gasteiger partial charge in [0.15, 0.2) is 0 Å². The standard InChI is InChI=1S/C25H32FN3O2/c1-4-9-21(30)17-29(16-5-2)18-23-24(19-10-7-6-8-11-19)27-28(3)25(23)31-22-14-12-20(26)13-15-22/h6-8,10-15,21,30H,4-5,9,16-18H2,1-3H3/t21-/m1/s1. The Balaban J connectivity index is 1.98. The van der Waals surface area contributed by atoms with E-state index in [0.717, 1.165) is 42.6 Å². The second kappa shape index (κ2) is 11.1. The summed E-state index contributed by atoms with van der Waals surface area (Å²) >= 11 is 0. The molecule has 0 saturated heterocycles. The van der Waals surface area contributed by atoms with Gasteiger partial charge in [0.05, 0.1) is 11.7 Å². The highest BCUT2D eigenvalue weighted by Gasteiger charge is 2.23. The van der Waals surface area contributed by atoms with Crippen LogP contribution in [-0.2, 0) is 13.6 Å². The third-order valence-corrected chi connectivity index (χ3v) is 5.18. The average Bonchev–Trinajstić information content (AvgIpc) is 3.06. The molecule has 0 radical (unpaired) electrons. The summed E-state index contributed by atoms with van der Waals surface area (Å²) in [5.41, 5.74) is 2.81. The van der Waals surface area contributed by atoms with Crippen molar-refractivity contribution < 1.29 is 14.2 Å². The molecule has 6 heteroatoms. The smallest absolute Gasteiger partial charge is 0.222 e. The van der Waals surface area contributed by atoms with Gasteiger partial charge in [0.1, 0.15) is 17.3 Å². The Morgan fingerprint density at radius 3 is 2.42 bits per heavy atom. The van der Waals surface area contributed by atoms with Crippen LogP contribution in [0.25, 0.3) is 11.3 Å². The summed E-state index contributed by atoms with van der Waals surface area (Å²) in [6.07, 6.45) is 2.34. The summed E-state index contributed by atoms with van der Waals surface area (Å²) in [5.74, 6) is 0.872. The van der Waals surface area contributed by atoms with Crippen LogP contribution in [0.15, 0.2) is 54.6 Å². The summed E-state index contributed by atoms with van der Waals surface area (Å²) in [6, 6.07) is 16.0. The highest BCUT2D eigenvalue weighted by Crippen LogP contribution is 2.34. The molecule has 166 valence electrons. The highest BCUT2D eigenvalue weighted by atomic mass is 19.1. The van der Waals surface area contributed by atoms with Crippen LogP contribution in [0, 0.1) is 5.82 Å². The van der Waals surface area contributed by atoms with Gasteiger partial charge in [-0.25, -0.2) is 9.07 Å². The van der Waals surface area contributed by atoms with Crippen molar-refractivity contribution >= 4 is 0 Å². The van der Waals surface area contributed by atoms with Crippen molar-refractivity contribution in [1.29, 1.82) is 0 Å². The van der Waals surface area contributed by atoms with Gasteiger partial charge < -0.3 is 9.84 Å². The molecular weight excluding hydrogens is 393 g/mol. The molecule has 0 amide bonds. The number of halogens is 1. The Bertz CT molecular complexity index is 941. The van der Waals surface area contributed by atoms with Crippen LogP contribution in [-0.4, -0.2) is 39.0 Å². The van der Waals surface area contributed by atoms with E-state index in [9.17, 15) is 9.50 Å². The fourth-order valence-electron chi connectivity index (χ4n) is 3.76. The molecule has 0 spiro atoms. The zero-order valence-corrected chi connectivity index (χ0v) is 18.6. The zero-order chi connectivity index (χ0) is 22.2. The number of rotatable bonds is 11. The van der Waals surface area contributed by atoms with Crippen LogP contribution in [0.1, 0.15) is 38.7 Å². The normalized spacial score (nSPS) is 12.3. The molecule has 0 aliphatic rings. The van der Waals surface area contributed by atoms with E-state index in [1.807, 2.05) is 37.4 Å².